The molecule has 0 bridgehead atoms. The Bertz CT molecular complexity index is 2620. The molecule has 0 aliphatic heterocycles. The predicted molar refractivity (Wildman–Crippen MR) is 177 cm³/mol. The molecule has 0 aliphatic carbocycles. The zero-order valence-corrected chi connectivity index (χ0v) is 22.7. The van der Waals surface area contributed by atoms with E-state index in [0.29, 0.717) is 33.8 Å². The molecule has 0 spiro atoms. The van der Waals surface area contributed by atoms with E-state index in [1.807, 2.05) is 115 Å². The molecule has 8 aromatic rings. The van der Waals surface area contributed by atoms with E-state index in [2.05, 4.69) is 0 Å². The Labute approximate surface area is 256 Å². The summed E-state index contributed by atoms with van der Waals surface area (Å²) in [5.41, 5.74) is 5.58. The fraction of sp³-hybridized carbons (Fsp3) is 0.0250. The molecule has 1 aromatic heterocycles. The van der Waals surface area contributed by atoms with Crippen LogP contribution in [0.25, 0.3) is 71.6 Å². The van der Waals surface area contributed by atoms with Crippen molar-refractivity contribution in [2.45, 2.75) is 6.92 Å². The Kier molecular flexibility index (Phi) is 4.08. The van der Waals surface area contributed by atoms with Gasteiger partial charge in [-0.3, -0.25) is 4.57 Å². The first-order chi connectivity index (χ1) is 24.1. The van der Waals surface area contributed by atoms with Crippen molar-refractivity contribution in [3.05, 3.63) is 157 Å². The quantitative estimate of drug-likeness (QED) is 0.202. The molecule has 7 aromatic carbocycles. The largest absolute Gasteiger partial charge is 0.296 e. The first-order valence-electron chi connectivity index (χ1n) is 17.8. The molecular formula is C40H28N2. The minimum Gasteiger partial charge on any atom is -0.296 e. The van der Waals surface area contributed by atoms with Gasteiger partial charge in [0.25, 0.3) is 0 Å². The molecule has 0 aliphatic rings. The van der Waals surface area contributed by atoms with Gasteiger partial charge in [0, 0.05) is 5.56 Å². The predicted octanol–water partition coefficient (Wildman–Crippen LogP) is 10.6. The van der Waals surface area contributed by atoms with Gasteiger partial charge in [0.05, 0.1) is 27.7 Å². The van der Waals surface area contributed by atoms with Crippen LogP contribution in [-0.2, 0) is 0 Å². The second kappa shape index (κ2) is 9.87. The van der Waals surface area contributed by atoms with E-state index < -0.39 is 24.2 Å². The fourth-order valence-corrected chi connectivity index (χ4v) is 6.06. The molecule has 0 atom stereocenters. The summed E-state index contributed by atoms with van der Waals surface area (Å²) in [6.45, 7) is 1.88. The van der Waals surface area contributed by atoms with Gasteiger partial charge in [-0.15, -0.1) is 0 Å². The topological polar surface area (TPSA) is 17.8 Å². The lowest BCUT2D eigenvalue weighted by molar-refractivity contribution is 1.00. The summed E-state index contributed by atoms with van der Waals surface area (Å²) < 4.78 is 74.8. The number of para-hydroxylation sites is 3. The van der Waals surface area contributed by atoms with Crippen LogP contribution in [0.15, 0.2) is 151 Å². The maximum absolute atomic E-state index is 9.40. The number of rotatable bonds is 4. The van der Waals surface area contributed by atoms with E-state index in [1.54, 1.807) is 0 Å². The van der Waals surface area contributed by atoms with Crippen LogP contribution in [0.3, 0.4) is 0 Å². The number of imidazole rings is 1. The number of benzene rings is 7. The number of hydrogen-bond acceptors (Lipinski definition) is 1. The van der Waals surface area contributed by atoms with Crippen LogP contribution in [0, 0.1) is 6.92 Å². The standard InChI is InChI=1S/C40H28N2/c1-27-41-36-24-12-14-26-38(36)42(27)37-25-13-11-23-35(37)40-33-21-9-7-19-31(33)39(32-20-8-10-22-34(32)40)30-18-6-5-17-29(30)28-15-3-2-4-16-28/h2-26H,1H3/i7D,8D,9D,10D,19D,20D,21D,22D. The zero-order chi connectivity index (χ0) is 35.0. The SMILES string of the molecule is [2H]c1c([2H])c([2H])c2c(-c3ccccc3-n3c(C)nc4ccccc43)c3c([2H])c([2H])c([2H])c([2H])c3c(-c3ccccc3-c3ccccc3)c2c1[2H]. The third kappa shape index (κ3) is 3.77. The van der Waals surface area contributed by atoms with Crippen molar-refractivity contribution in [2.24, 2.45) is 0 Å². The molecule has 0 saturated heterocycles. The first-order valence-corrected chi connectivity index (χ1v) is 13.8. The van der Waals surface area contributed by atoms with E-state index in [1.165, 1.54) is 0 Å². The molecule has 1 heterocycles. The highest BCUT2D eigenvalue weighted by Crippen LogP contribution is 2.47. The average Bonchev–Trinajstić information content (AvgIpc) is 3.49. The Morgan fingerprint density at radius 1 is 0.524 bits per heavy atom. The second-order valence-electron chi connectivity index (χ2n) is 10.2. The van der Waals surface area contributed by atoms with Gasteiger partial charge in [-0.2, -0.15) is 0 Å². The monoisotopic (exact) mass is 544 g/mol. The molecule has 42 heavy (non-hydrogen) atoms. The van der Waals surface area contributed by atoms with E-state index >= 15 is 0 Å². The maximum atomic E-state index is 9.40. The second-order valence-corrected chi connectivity index (χ2v) is 10.2. The van der Waals surface area contributed by atoms with Crippen LogP contribution < -0.4 is 0 Å². The summed E-state index contributed by atoms with van der Waals surface area (Å²) >= 11 is 0. The number of aromatic nitrogens is 2. The van der Waals surface area contributed by atoms with Gasteiger partial charge < -0.3 is 0 Å². The molecule has 2 heteroatoms. The third-order valence-corrected chi connectivity index (χ3v) is 7.80. The highest BCUT2D eigenvalue weighted by Gasteiger charge is 2.21. The lowest BCUT2D eigenvalue weighted by Crippen LogP contribution is -2.00. The maximum Gasteiger partial charge on any atom is 0.111 e. The molecule has 198 valence electrons. The Morgan fingerprint density at radius 2 is 1.02 bits per heavy atom. The van der Waals surface area contributed by atoms with Gasteiger partial charge >= 0.3 is 0 Å². The molecule has 8 rings (SSSR count). The van der Waals surface area contributed by atoms with Crippen molar-refractivity contribution in [1.82, 2.24) is 9.55 Å². The van der Waals surface area contributed by atoms with Gasteiger partial charge in [-0.25, -0.2) is 4.98 Å². The Balaban J connectivity index is 1.67. The average molecular weight is 545 g/mol. The molecule has 0 saturated carbocycles. The van der Waals surface area contributed by atoms with E-state index in [-0.39, 0.29) is 45.7 Å². The molecule has 0 radical (unpaired) electrons. The first kappa shape index (κ1) is 17.4. The number of nitrogens with zero attached hydrogens (tertiary/aromatic N) is 2. The Morgan fingerprint density at radius 3 is 1.69 bits per heavy atom. The van der Waals surface area contributed by atoms with Crippen LogP contribution in [0.5, 0.6) is 0 Å². The summed E-state index contributed by atoms with van der Waals surface area (Å²) in [5, 5.41) is 0.685. The molecule has 0 unspecified atom stereocenters. The van der Waals surface area contributed by atoms with Crippen LogP contribution >= 0.6 is 0 Å². The summed E-state index contributed by atoms with van der Waals surface area (Å²) in [7, 11) is 0. The zero-order valence-electron chi connectivity index (χ0n) is 30.7. The van der Waals surface area contributed by atoms with Crippen LogP contribution in [0.1, 0.15) is 16.8 Å². The fourth-order valence-electron chi connectivity index (χ4n) is 6.06. The van der Waals surface area contributed by atoms with E-state index in [9.17, 15) is 5.48 Å². The lowest BCUT2D eigenvalue weighted by atomic mass is 9.83. The van der Waals surface area contributed by atoms with Gasteiger partial charge in [-0.05, 0) is 74.5 Å². The number of aryl methyl sites for hydroxylation is 1. The van der Waals surface area contributed by atoms with Gasteiger partial charge in [-0.1, -0.05) is 133 Å². The van der Waals surface area contributed by atoms with E-state index in [4.69, 9.17) is 10.5 Å². The van der Waals surface area contributed by atoms with Crippen molar-refractivity contribution in [3.63, 3.8) is 0 Å². The van der Waals surface area contributed by atoms with Crippen molar-refractivity contribution in [3.8, 4) is 39.1 Å². The number of hydrogen-bond donors (Lipinski definition) is 0. The Hall–Kier alpha value is -5.47. The highest BCUT2D eigenvalue weighted by atomic mass is 15.1. The van der Waals surface area contributed by atoms with Crippen LogP contribution in [0.4, 0.5) is 0 Å². The van der Waals surface area contributed by atoms with E-state index in [0.717, 1.165) is 22.2 Å². The minimum atomic E-state index is -0.437. The van der Waals surface area contributed by atoms with Crippen molar-refractivity contribution in [1.29, 1.82) is 0 Å². The molecule has 0 fully saturated rings. The summed E-state index contributed by atoms with van der Waals surface area (Å²) in [5.74, 6) is 0.685. The van der Waals surface area contributed by atoms with Gasteiger partial charge in [0.2, 0.25) is 0 Å². The van der Waals surface area contributed by atoms with Crippen molar-refractivity contribution >= 4 is 32.6 Å². The number of fused-ring (bicyclic) bond motifs is 3. The molecule has 0 N–H and O–H groups in total. The highest BCUT2D eigenvalue weighted by molar-refractivity contribution is 6.23. The minimum absolute atomic E-state index is 0.168. The van der Waals surface area contributed by atoms with Crippen molar-refractivity contribution < 1.29 is 11.0 Å². The van der Waals surface area contributed by atoms with Gasteiger partial charge in [0.1, 0.15) is 5.82 Å². The third-order valence-electron chi connectivity index (χ3n) is 7.80. The summed E-state index contributed by atoms with van der Waals surface area (Å²) in [6, 6.07) is 29.2. The normalized spacial score (nSPS) is 14.1. The summed E-state index contributed by atoms with van der Waals surface area (Å²) in [4.78, 5) is 4.78. The van der Waals surface area contributed by atoms with Gasteiger partial charge in [0.15, 0.2) is 0 Å². The molecular weight excluding hydrogens is 508 g/mol. The molecule has 0 amide bonds. The van der Waals surface area contributed by atoms with Crippen LogP contribution in [0.2, 0.25) is 0 Å². The summed E-state index contributed by atoms with van der Waals surface area (Å²) in [6.07, 6.45) is 0. The van der Waals surface area contributed by atoms with Crippen molar-refractivity contribution in [2.75, 3.05) is 0 Å². The smallest absolute Gasteiger partial charge is 0.111 e. The molecule has 2 nitrogen and oxygen atoms in total. The lowest BCUT2D eigenvalue weighted by Gasteiger charge is -2.21. The van der Waals surface area contributed by atoms with Crippen LogP contribution in [-0.4, -0.2) is 9.55 Å².